The second kappa shape index (κ2) is 14.8. The van der Waals surface area contributed by atoms with Gasteiger partial charge in [-0.05, 0) is 128 Å². The molecule has 0 N–H and O–H groups in total. The molecule has 12 aromatic rings. The molecule has 2 heterocycles. The van der Waals surface area contributed by atoms with Crippen LogP contribution in [0.2, 0.25) is 0 Å². The highest BCUT2D eigenvalue weighted by atomic mass is 15.0. The van der Waals surface area contributed by atoms with Gasteiger partial charge in [-0.1, -0.05) is 170 Å². The molecule has 0 aliphatic rings. The number of nitrogens with zero attached hydrogens (tertiary/aromatic N) is 2. The second-order valence-electron chi connectivity index (χ2n) is 16.2. The Morgan fingerprint density at radius 2 is 0.516 bits per heavy atom. The number of hydrogen-bond donors (Lipinski definition) is 0. The first-order valence-corrected chi connectivity index (χ1v) is 21.3. The zero-order valence-electron chi connectivity index (χ0n) is 34.0. The van der Waals surface area contributed by atoms with Crippen LogP contribution in [0.15, 0.2) is 243 Å². The smallest absolute Gasteiger partial charge is 0.0542 e. The van der Waals surface area contributed by atoms with Gasteiger partial charge in [-0.3, -0.25) is 0 Å². The molecule has 12 rings (SSSR count). The van der Waals surface area contributed by atoms with E-state index >= 15 is 0 Å². The van der Waals surface area contributed by atoms with E-state index in [1.165, 1.54) is 99.2 Å². The van der Waals surface area contributed by atoms with E-state index in [1.54, 1.807) is 0 Å². The highest BCUT2D eigenvalue weighted by Gasteiger charge is 2.18. The molecule has 0 atom stereocenters. The van der Waals surface area contributed by atoms with Crippen LogP contribution in [0.3, 0.4) is 0 Å². The molecule has 290 valence electrons. The minimum Gasteiger partial charge on any atom is -0.309 e. The van der Waals surface area contributed by atoms with Gasteiger partial charge in [0.2, 0.25) is 0 Å². The molecule has 0 saturated carbocycles. The molecule has 2 nitrogen and oxygen atoms in total. The summed E-state index contributed by atoms with van der Waals surface area (Å²) in [6.45, 7) is 0. The number of para-hydroxylation sites is 1. The lowest BCUT2D eigenvalue weighted by Crippen LogP contribution is -1.96. The summed E-state index contributed by atoms with van der Waals surface area (Å²) < 4.78 is 4.87. The molecule has 0 aliphatic heterocycles. The third-order valence-corrected chi connectivity index (χ3v) is 12.5. The lowest BCUT2D eigenvalue weighted by Gasteiger charge is -2.12. The van der Waals surface area contributed by atoms with Gasteiger partial charge in [0.05, 0.1) is 22.1 Å². The summed E-state index contributed by atoms with van der Waals surface area (Å²) in [4.78, 5) is 0. The Bertz CT molecular complexity index is 3470. The van der Waals surface area contributed by atoms with Crippen LogP contribution >= 0.6 is 0 Å². The largest absolute Gasteiger partial charge is 0.309 e. The normalized spacial score (nSPS) is 11.5. The van der Waals surface area contributed by atoms with Crippen LogP contribution in [-0.4, -0.2) is 9.13 Å². The van der Waals surface area contributed by atoms with Crippen molar-refractivity contribution in [3.63, 3.8) is 0 Å². The number of aromatic nitrogens is 2. The summed E-state index contributed by atoms with van der Waals surface area (Å²) in [5.41, 5.74) is 19.1. The number of hydrogen-bond acceptors (Lipinski definition) is 0. The number of rotatable bonds is 7. The van der Waals surface area contributed by atoms with Crippen molar-refractivity contribution < 1.29 is 0 Å². The van der Waals surface area contributed by atoms with Gasteiger partial charge >= 0.3 is 0 Å². The summed E-state index contributed by atoms with van der Waals surface area (Å²) in [6.07, 6.45) is 0. The van der Waals surface area contributed by atoms with Crippen LogP contribution in [0.5, 0.6) is 0 Å². The summed E-state index contributed by atoms with van der Waals surface area (Å²) in [5, 5.41) is 4.91. The molecule has 0 radical (unpaired) electrons. The molecule has 0 unspecified atom stereocenters. The number of fused-ring (bicyclic) bond motifs is 6. The fourth-order valence-corrected chi connectivity index (χ4v) is 9.51. The maximum atomic E-state index is 2.46. The lowest BCUT2D eigenvalue weighted by atomic mass is 9.96. The Kier molecular flexibility index (Phi) is 8.53. The van der Waals surface area contributed by atoms with Crippen molar-refractivity contribution in [2.24, 2.45) is 0 Å². The summed E-state index contributed by atoms with van der Waals surface area (Å²) >= 11 is 0. The highest BCUT2D eigenvalue weighted by molar-refractivity contribution is 6.13. The van der Waals surface area contributed by atoms with Crippen LogP contribution in [0.4, 0.5) is 0 Å². The maximum absolute atomic E-state index is 2.46. The maximum Gasteiger partial charge on any atom is 0.0542 e. The van der Waals surface area contributed by atoms with Gasteiger partial charge in [0.15, 0.2) is 0 Å². The van der Waals surface area contributed by atoms with Crippen molar-refractivity contribution in [3.8, 4) is 67.0 Å². The molecule has 2 heteroatoms. The zero-order valence-corrected chi connectivity index (χ0v) is 34.0. The Morgan fingerprint density at radius 3 is 1.03 bits per heavy atom. The van der Waals surface area contributed by atoms with E-state index in [9.17, 15) is 0 Å². The van der Waals surface area contributed by atoms with Crippen molar-refractivity contribution in [1.29, 1.82) is 0 Å². The third-order valence-electron chi connectivity index (χ3n) is 12.5. The van der Waals surface area contributed by atoms with Crippen molar-refractivity contribution in [2.45, 2.75) is 0 Å². The minimum atomic E-state index is 1.14. The Hall–Kier alpha value is -8.20. The molecular formula is C60H40N2. The average Bonchev–Trinajstić information content (AvgIpc) is 3.86. The van der Waals surface area contributed by atoms with Crippen molar-refractivity contribution in [3.05, 3.63) is 243 Å². The topological polar surface area (TPSA) is 9.86 Å². The first-order valence-electron chi connectivity index (χ1n) is 21.3. The van der Waals surface area contributed by atoms with Crippen molar-refractivity contribution in [2.75, 3.05) is 0 Å². The quantitative estimate of drug-likeness (QED) is 0.152. The Morgan fingerprint density at radius 1 is 0.177 bits per heavy atom. The average molecular weight is 789 g/mol. The van der Waals surface area contributed by atoms with Crippen LogP contribution in [0.1, 0.15) is 0 Å². The molecule has 0 saturated heterocycles. The van der Waals surface area contributed by atoms with Crippen molar-refractivity contribution >= 4 is 43.6 Å². The van der Waals surface area contributed by atoms with Crippen LogP contribution in [0, 0.1) is 0 Å². The molecule has 0 bridgehead atoms. The van der Waals surface area contributed by atoms with E-state index in [-0.39, 0.29) is 0 Å². The molecule has 0 fully saturated rings. The molecule has 62 heavy (non-hydrogen) atoms. The van der Waals surface area contributed by atoms with Gasteiger partial charge in [-0.15, -0.1) is 0 Å². The fraction of sp³-hybridized carbons (Fsp3) is 0. The van der Waals surface area contributed by atoms with E-state index in [4.69, 9.17) is 0 Å². The van der Waals surface area contributed by atoms with Gasteiger partial charge < -0.3 is 9.13 Å². The first-order chi connectivity index (χ1) is 30.7. The van der Waals surface area contributed by atoms with Gasteiger partial charge in [-0.2, -0.15) is 0 Å². The number of benzene rings is 10. The first kappa shape index (κ1) is 35.7. The zero-order chi connectivity index (χ0) is 41.0. The van der Waals surface area contributed by atoms with E-state index in [0.717, 1.165) is 11.4 Å². The third kappa shape index (κ3) is 6.12. The van der Waals surface area contributed by atoms with E-state index < -0.39 is 0 Å². The van der Waals surface area contributed by atoms with E-state index in [1.807, 2.05) is 0 Å². The van der Waals surface area contributed by atoms with E-state index in [0.29, 0.717) is 0 Å². The van der Waals surface area contributed by atoms with Crippen LogP contribution in [-0.2, 0) is 0 Å². The molecule has 0 spiro atoms. The summed E-state index contributed by atoms with van der Waals surface area (Å²) in [7, 11) is 0. The molecule has 0 amide bonds. The summed E-state index contributed by atoms with van der Waals surface area (Å²) in [5.74, 6) is 0. The Labute approximate surface area is 360 Å². The highest BCUT2D eigenvalue weighted by Crippen LogP contribution is 2.41. The van der Waals surface area contributed by atoms with Crippen molar-refractivity contribution in [1.82, 2.24) is 9.13 Å². The Balaban J connectivity index is 1.05. The standard InChI is InChI=1S/C60H40N2/c1-4-15-41(16-5-1)44-21-12-23-46(35-44)49-29-32-58-54(38-49)55-39-50(47-24-13-22-45(36-47)42-17-6-2-7-18-42)30-33-59(55)62(58)52-31-34-60-56(40-52)53-27-10-11-28-57(53)61(60)51-26-14-25-48(37-51)43-19-8-3-9-20-43/h1-40H. The van der Waals surface area contributed by atoms with Crippen LogP contribution in [0.25, 0.3) is 111 Å². The van der Waals surface area contributed by atoms with E-state index in [2.05, 4.69) is 252 Å². The monoisotopic (exact) mass is 788 g/mol. The van der Waals surface area contributed by atoms with Gasteiger partial charge in [0, 0.05) is 32.9 Å². The molecule has 2 aromatic heterocycles. The molecular weight excluding hydrogens is 749 g/mol. The fourth-order valence-electron chi connectivity index (χ4n) is 9.51. The van der Waals surface area contributed by atoms with Crippen LogP contribution < -0.4 is 0 Å². The minimum absolute atomic E-state index is 1.14. The predicted octanol–water partition coefficient (Wildman–Crippen LogP) is 16.2. The molecule has 10 aromatic carbocycles. The van der Waals surface area contributed by atoms with Gasteiger partial charge in [0.25, 0.3) is 0 Å². The predicted molar refractivity (Wildman–Crippen MR) is 262 cm³/mol. The van der Waals surface area contributed by atoms with Gasteiger partial charge in [0.1, 0.15) is 0 Å². The molecule has 0 aliphatic carbocycles. The lowest BCUT2D eigenvalue weighted by molar-refractivity contribution is 1.17. The summed E-state index contributed by atoms with van der Waals surface area (Å²) in [6, 6.07) is 88.5. The van der Waals surface area contributed by atoms with Gasteiger partial charge in [-0.25, -0.2) is 0 Å². The SMILES string of the molecule is c1ccc(-c2cccc(-c3ccc4c(c3)c3cc(-c5cccc(-c6ccccc6)c5)ccc3n4-c3ccc4c(c3)c3ccccc3n4-c3cccc(-c4ccccc4)c3)c2)cc1. The second-order valence-corrected chi connectivity index (χ2v) is 16.2.